The van der Waals surface area contributed by atoms with E-state index in [0.29, 0.717) is 35.8 Å². The quantitative estimate of drug-likeness (QED) is 0.639. The first-order valence-electron chi connectivity index (χ1n) is 9.35. The summed E-state index contributed by atoms with van der Waals surface area (Å²) in [7, 11) is 1.79. The molecule has 0 aliphatic heterocycles. The zero-order valence-electron chi connectivity index (χ0n) is 16.9. The molecule has 2 amide bonds. The van der Waals surface area contributed by atoms with E-state index in [4.69, 9.17) is 4.74 Å². The molecule has 9 nitrogen and oxygen atoms in total. The van der Waals surface area contributed by atoms with E-state index in [0.717, 1.165) is 5.69 Å². The van der Waals surface area contributed by atoms with Gasteiger partial charge in [0.15, 0.2) is 0 Å². The summed E-state index contributed by atoms with van der Waals surface area (Å²) in [5.74, 6) is -0.280. The number of anilines is 2. The number of aromatic nitrogens is 4. The molecule has 2 heterocycles. The number of para-hydroxylation sites is 1. The Kier molecular flexibility index (Phi) is 5.96. The summed E-state index contributed by atoms with van der Waals surface area (Å²) in [6.45, 7) is 6.49. The second-order valence-electron chi connectivity index (χ2n) is 6.33. The van der Waals surface area contributed by atoms with Crippen LogP contribution in [0.4, 0.5) is 11.4 Å². The summed E-state index contributed by atoms with van der Waals surface area (Å²) < 4.78 is 8.72. The van der Waals surface area contributed by atoms with E-state index in [1.807, 2.05) is 20.8 Å². The number of carbonyl (C=O) groups excluding carboxylic acids is 2. The number of benzene rings is 1. The normalized spacial score (nSPS) is 10.6. The van der Waals surface area contributed by atoms with Crippen LogP contribution in [0.25, 0.3) is 0 Å². The topological polar surface area (TPSA) is 103 Å². The third kappa shape index (κ3) is 4.13. The maximum Gasteiger partial charge on any atom is 0.276 e. The lowest BCUT2D eigenvalue weighted by Crippen LogP contribution is -2.21. The van der Waals surface area contributed by atoms with E-state index in [1.54, 1.807) is 42.2 Å². The van der Waals surface area contributed by atoms with Crippen LogP contribution < -0.4 is 15.4 Å². The Morgan fingerprint density at radius 3 is 2.38 bits per heavy atom. The zero-order chi connectivity index (χ0) is 21.0. The maximum atomic E-state index is 12.9. The van der Waals surface area contributed by atoms with Crippen LogP contribution in [0.3, 0.4) is 0 Å². The molecule has 0 bridgehead atoms. The Morgan fingerprint density at radius 2 is 1.72 bits per heavy atom. The molecule has 0 aliphatic rings. The Morgan fingerprint density at radius 1 is 1.03 bits per heavy atom. The molecule has 0 saturated heterocycles. The first kappa shape index (κ1) is 20.1. The minimum atomic E-state index is -0.381. The van der Waals surface area contributed by atoms with Gasteiger partial charge in [0.05, 0.1) is 41.6 Å². The number of ether oxygens (including phenoxy) is 1. The van der Waals surface area contributed by atoms with Gasteiger partial charge in [0.2, 0.25) is 0 Å². The summed E-state index contributed by atoms with van der Waals surface area (Å²) in [4.78, 5) is 25.8. The summed E-state index contributed by atoms with van der Waals surface area (Å²) in [5, 5.41) is 14.0. The van der Waals surface area contributed by atoms with Crippen molar-refractivity contribution in [2.24, 2.45) is 7.05 Å². The molecule has 3 aromatic rings. The zero-order valence-corrected chi connectivity index (χ0v) is 16.9. The molecular weight excluding hydrogens is 372 g/mol. The summed E-state index contributed by atoms with van der Waals surface area (Å²) in [6.07, 6.45) is 3.05. The monoisotopic (exact) mass is 396 g/mol. The highest BCUT2D eigenvalue weighted by molar-refractivity contribution is 6.12. The van der Waals surface area contributed by atoms with Crippen molar-refractivity contribution < 1.29 is 14.3 Å². The van der Waals surface area contributed by atoms with E-state index >= 15 is 0 Å². The van der Waals surface area contributed by atoms with E-state index in [2.05, 4.69) is 20.8 Å². The Balaban J connectivity index is 1.88. The predicted molar refractivity (Wildman–Crippen MR) is 109 cm³/mol. The maximum absolute atomic E-state index is 12.9. The van der Waals surface area contributed by atoms with Crippen molar-refractivity contribution in [3.63, 3.8) is 0 Å². The second kappa shape index (κ2) is 8.59. The first-order chi connectivity index (χ1) is 14.0. The number of carbonyl (C=O) groups is 2. The standard InChI is InChI=1S/C20H24N6O3/c1-5-26-18(20(28)23-15-11-21-25(4)13(15)3)16(12-22-26)24-19(27)14-9-7-8-10-17(14)29-6-2/h7-12H,5-6H2,1-4H3,(H,23,28)(H,24,27). The van der Waals surface area contributed by atoms with Gasteiger partial charge in [-0.1, -0.05) is 12.1 Å². The van der Waals surface area contributed by atoms with Gasteiger partial charge >= 0.3 is 0 Å². The van der Waals surface area contributed by atoms with Gasteiger partial charge in [0.1, 0.15) is 11.4 Å². The highest BCUT2D eigenvalue weighted by Crippen LogP contribution is 2.23. The molecule has 0 fully saturated rings. The van der Waals surface area contributed by atoms with Gasteiger partial charge in [-0.25, -0.2) is 0 Å². The molecule has 1 aromatic carbocycles. The average Bonchev–Trinajstić information content (AvgIpc) is 3.26. The highest BCUT2D eigenvalue weighted by atomic mass is 16.5. The predicted octanol–water partition coefficient (Wildman–Crippen LogP) is 2.85. The van der Waals surface area contributed by atoms with Crippen LogP contribution in [0.5, 0.6) is 5.75 Å². The lowest BCUT2D eigenvalue weighted by atomic mass is 10.2. The fraction of sp³-hybridized carbons (Fsp3) is 0.300. The van der Waals surface area contributed by atoms with Gasteiger partial charge < -0.3 is 15.4 Å². The van der Waals surface area contributed by atoms with Crippen LogP contribution >= 0.6 is 0 Å². The van der Waals surface area contributed by atoms with Crippen molar-refractivity contribution in [1.82, 2.24) is 19.6 Å². The van der Waals surface area contributed by atoms with E-state index in [9.17, 15) is 9.59 Å². The number of amides is 2. The fourth-order valence-corrected chi connectivity index (χ4v) is 2.88. The van der Waals surface area contributed by atoms with Crippen LogP contribution in [-0.4, -0.2) is 38.0 Å². The van der Waals surface area contributed by atoms with Gasteiger partial charge in [-0.05, 0) is 32.9 Å². The molecule has 0 saturated carbocycles. The molecular formula is C20H24N6O3. The minimum Gasteiger partial charge on any atom is -0.493 e. The molecule has 0 atom stereocenters. The van der Waals surface area contributed by atoms with Crippen LogP contribution in [0, 0.1) is 6.92 Å². The minimum absolute atomic E-state index is 0.262. The smallest absolute Gasteiger partial charge is 0.276 e. The van der Waals surface area contributed by atoms with Crippen molar-refractivity contribution >= 4 is 23.2 Å². The number of nitrogens with one attached hydrogen (secondary N) is 2. The number of hydrogen-bond acceptors (Lipinski definition) is 5. The van der Waals surface area contributed by atoms with Crippen molar-refractivity contribution in [1.29, 1.82) is 0 Å². The molecule has 2 N–H and O–H groups in total. The van der Waals surface area contributed by atoms with Gasteiger partial charge in [-0.15, -0.1) is 0 Å². The van der Waals surface area contributed by atoms with Crippen molar-refractivity contribution in [2.45, 2.75) is 27.3 Å². The Labute approximate surface area is 168 Å². The lowest BCUT2D eigenvalue weighted by Gasteiger charge is -2.12. The number of rotatable bonds is 7. The summed E-state index contributed by atoms with van der Waals surface area (Å²) in [5.41, 5.74) is 2.38. The fourth-order valence-electron chi connectivity index (χ4n) is 2.88. The molecule has 9 heteroatoms. The highest BCUT2D eigenvalue weighted by Gasteiger charge is 2.22. The van der Waals surface area contributed by atoms with Gasteiger partial charge in [-0.3, -0.25) is 19.0 Å². The van der Waals surface area contributed by atoms with Gasteiger partial charge in [0, 0.05) is 13.6 Å². The number of hydrogen-bond donors (Lipinski definition) is 2. The first-order valence-corrected chi connectivity index (χ1v) is 9.35. The van der Waals surface area contributed by atoms with Crippen LogP contribution in [0.2, 0.25) is 0 Å². The van der Waals surface area contributed by atoms with Crippen LogP contribution in [-0.2, 0) is 13.6 Å². The molecule has 2 aromatic heterocycles. The van der Waals surface area contributed by atoms with Crippen molar-refractivity contribution in [3.05, 3.63) is 53.6 Å². The van der Waals surface area contributed by atoms with Crippen LogP contribution in [0.15, 0.2) is 36.7 Å². The average molecular weight is 396 g/mol. The third-order valence-electron chi connectivity index (χ3n) is 4.52. The summed E-state index contributed by atoms with van der Waals surface area (Å²) >= 11 is 0. The van der Waals surface area contributed by atoms with E-state index < -0.39 is 0 Å². The molecule has 0 unspecified atom stereocenters. The molecule has 0 radical (unpaired) electrons. The van der Waals surface area contributed by atoms with Gasteiger partial charge in [-0.2, -0.15) is 10.2 Å². The largest absolute Gasteiger partial charge is 0.493 e. The second-order valence-corrected chi connectivity index (χ2v) is 6.33. The summed E-state index contributed by atoms with van der Waals surface area (Å²) in [6, 6.07) is 6.95. The Hall–Kier alpha value is -3.62. The molecule has 29 heavy (non-hydrogen) atoms. The van der Waals surface area contributed by atoms with Gasteiger partial charge in [0.25, 0.3) is 11.8 Å². The molecule has 152 valence electrons. The SMILES string of the molecule is CCOc1ccccc1C(=O)Nc1cnn(CC)c1C(=O)Nc1cnn(C)c1C. The lowest BCUT2D eigenvalue weighted by molar-refractivity contribution is 0.101. The number of aryl methyl sites for hydroxylation is 2. The molecule has 0 spiro atoms. The molecule has 0 aliphatic carbocycles. The van der Waals surface area contributed by atoms with Crippen molar-refractivity contribution in [3.8, 4) is 5.75 Å². The van der Waals surface area contributed by atoms with Crippen LogP contribution in [0.1, 0.15) is 40.4 Å². The van der Waals surface area contributed by atoms with Crippen molar-refractivity contribution in [2.75, 3.05) is 17.2 Å². The van der Waals surface area contributed by atoms with E-state index in [1.165, 1.54) is 10.9 Å². The molecule has 3 rings (SSSR count). The number of nitrogens with zero attached hydrogens (tertiary/aromatic N) is 4. The third-order valence-corrected chi connectivity index (χ3v) is 4.52. The van der Waals surface area contributed by atoms with E-state index in [-0.39, 0.29) is 17.5 Å². The Bertz CT molecular complexity index is 1040.